The monoisotopic (exact) mass is 278 g/mol. The lowest BCUT2D eigenvalue weighted by Crippen LogP contribution is -2.14. The van der Waals surface area contributed by atoms with Gasteiger partial charge in [-0.1, -0.05) is 42.1 Å². The number of esters is 1. The van der Waals surface area contributed by atoms with Gasteiger partial charge in [-0.15, -0.1) is 10.2 Å². The van der Waals surface area contributed by atoms with Gasteiger partial charge < -0.3 is 10.5 Å². The Morgan fingerprint density at radius 2 is 2.11 bits per heavy atom. The largest absolute Gasteiger partial charge is 0.468 e. The molecule has 0 atom stereocenters. The molecule has 2 aromatic rings. The number of benzene rings is 1. The van der Waals surface area contributed by atoms with Crippen molar-refractivity contribution in [3.05, 3.63) is 35.9 Å². The zero-order valence-electron chi connectivity index (χ0n) is 10.4. The first-order valence-electron chi connectivity index (χ1n) is 5.63. The van der Waals surface area contributed by atoms with Crippen molar-refractivity contribution in [2.45, 2.75) is 17.5 Å². The molecule has 0 fully saturated rings. The van der Waals surface area contributed by atoms with Crippen molar-refractivity contribution in [1.82, 2.24) is 14.8 Å². The number of nitrogens with two attached hydrogens (primary N) is 1. The number of nitrogens with zero attached hydrogens (tertiary/aromatic N) is 3. The molecule has 2 rings (SSSR count). The second-order valence-electron chi connectivity index (χ2n) is 3.78. The maximum absolute atomic E-state index is 11.3. The van der Waals surface area contributed by atoms with Crippen LogP contribution in [0.3, 0.4) is 0 Å². The van der Waals surface area contributed by atoms with Gasteiger partial charge in [0.15, 0.2) is 5.16 Å². The summed E-state index contributed by atoms with van der Waals surface area (Å²) >= 11 is 1.48. The van der Waals surface area contributed by atoms with Crippen LogP contribution in [0.4, 0.5) is 5.95 Å². The van der Waals surface area contributed by atoms with E-state index in [9.17, 15) is 4.79 Å². The molecule has 7 heteroatoms. The number of nitrogen functional groups attached to an aromatic ring is 1. The van der Waals surface area contributed by atoms with Gasteiger partial charge in [-0.05, 0) is 5.56 Å². The molecule has 2 N–H and O–H groups in total. The number of hydrogen-bond acceptors (Lipinski definition) is 6. The summed E-state index contributed by atoms with van der Waals surface area (Å²) in [6.45, 7) is 0.0203. The predicted molar refractivity (Wildman–Crippen MR) is 72.5 cm³/mol. The Morgan fingerprint density at radius 1 is 1.37 bits per heavy atom. The van der Waals surface area contributed by atoms with Gasteiger partial charge in [0.25, 0.3) is 0 Å². The minimum Gasteiger partial charge on any atom is -0.468 e. The van der Waals surface area contributed by atoms with E-state index < -0.39 is 0 Å². The quantitative estimate of drug-likeness (QED) is 0.656. The Kier molecular flexibility index (Phi) is 4.40. The molecule has 1 heterocycles. The molecule has 1 aromatic carbocycles. The highest BCUT2D eigenvalue weighted by molar-refractivity contribution is 7.98. The first kappa shape index (κ1) is 13.4. The minimum atomic E-state index is -0.381. The molecule has 0 saturated carbocycles. The summed E-state index contributed by atoms with van der Waals surface area (Å²) in [6.07, 6.45) is 0. The number of thioether (sulfide) groups is 1. The predicted octanol–water partition coefficient (Wildman–Crippen LogP) is 1.33. The summed E-state index contributed by atoms with van der Waals surface area (Å²) in [4.78, 5) is 11.3. The Balaban J connectivity index is 2.06. The second-order valence-corrected chi connectivity index (χ2v) is 4.72. The Hall–Kier alpha value is -2.02. The second kappa shape index (κ2) is 6.24. The Morgan fingerprint density at radius 3 is 2.79 bits per heavy atom. The maximum Gasteiger partial charge on any atom is 0.325 e. The van der Waals surface area contributed by atoms with Gasteiger partial charge in [0.2, 0.25) is 5.95 Å². The fraction of sp³-hybridized carbons (Fsp3) is 0.250. The number of hydrogen-bond donors (Lipinski definition) is 1. The first-order valence-corrected chi connectivity index (χ1v) is 6.61. The standard InChI is InChI=1S/C12H14N4O2S/c1-18-10(17)7-16-11(13)14-15-12(16)19-8-9-5-3-2-4-6-9/h2-6H,7-8H2,1H3,(H2,13,14). The van der Waals surface area contributed by atoms with Gasteiger partial charge in [-0.2, -0.15) is 0 Å². The van der Waals surface area contributed by atoms with E-state index in [-0.39, 0.29) is 18.5 Å². The van der Waals surface area contributed by atoms with Crippen LogP contribution in [0.15, 0.2) is 35.5 Å². The minimum absolute atomic E-state index is 0.0203. The highest BCUT2D eigenvalue weighted by atomic mass is 32.2. The SMILES string of the molecule is COC(=O)Cn1c(N)nnc1SCc1ccccc1. The average Bonchev–Trinajstić information content (AvgIpc) is 2.78. The molecule has 0 aliphatic rings. The van der Waals surface area contributed by atoms with E-state index in [2.05, 4.69) is 14.9 Å². The van der Waals surface area contributed by atoms with Crippen LogP contribution in [0.5, 0.6) is 0 Å². The van der Waals surface area contributed by atoms with E-state index in [1.807, 2.05) is 30.3 Å². The van der Waals surface area contributed by atoms with E-state index in [1.54, 1.807) is 4.57 Å². The fourth-order valence-electron chi connectivity index (χ4n) is 1.47. The van der Waals surface area contributed by atoms with Gasteiger partial charge in [0, 0.05) is 5.75 Å². The highest BCUT2D eigenvalue weighted by Crippen LogP contribution is 2.22. The van der Waals surface area contributed by atoms with Crippen molar-refractivity contribution in [2.75, 3.05) is 12.8 Å². The maximum atomic E-state index is 11.3. The van der Waals surface area contributed by atoms with E-state index in [4.69, 9.17) is 5.73 Å². The number of rotatable bonds is 5. The molecule has 0 amide bonds. The molecule has 0 aliphatic heterocycles. The molecule has 0 bridgehead atoms. The van der Waals surface area contributed by atoms with Crippen LogP contribution in [-0.2, 0) is 21.8 Å². The number of aromatic nitrogens is 3. The number of carbonyl (C=O) groups excluding carboxylic acids is 1. The van der Waals surface area contributed by atoms with E-state index in [0.29, 0.717) is 5.16 Å². The smallest absolute Gasteiger partial charge is 0.325 e. The summed E-state index contributed by atoms with van der Waals surface area (Å²) in [7, 11) is 1.33. The van der Waals surface area contributed by atoms with E-state index >= 15 is 0 Å². The molecule has 19 heavy (non-hydrogen) atoms. The van der Waals surface area contributed by atoms with Crippen molar-refractivity contribution in [2.24, 2.45) is 0 Å². The zero-order chi connectivity index (χ0) is 13.7. The topological polar surface area (TPSA) is 83.0 Å². The summed E-state index contributed by atoms with van der Waals surface area (Å²) in [6, 6.07) is 9.97. The zero-order valence-corrected chi connectivity index (χ0v) is 11.3. The summed E-state index contributed by atoms with van der Waals surface area (Å²) in [5, 5.41) is 8.34. The highest BCUT2D eigenvalue weighted by Gasteiger charge is 2.13. The first-order chi connectivity index (χ1) is 9.20. The van der Waals surface area contributed by atoms with Crippen LogP contribution in [0.1, 0.15) is 5.56 Å². The molecule has 100 valence electrons. The van der Waals surface area contributed by atoms with Crippen LogP contribution in [0.2, 0.25) is 0 Å². The van der Waals surface area contributed by atoms with Crippen molar-refractivity contribution < 1.29 is 9.53 Å². The van der Waals surface area contributed by atoms with Gasteiger partial charge in [0.05, 0.1) is 7.11 Å². The summed E-state index contributed by atoms with van der Waals surface area (Å²) < 4.78 is 6.16. The number of methoxy groups -OCH3 is 1. The third-order valence-electron chi connectivity index (χ3n) is 2.47. The van der Waals surface area contributed by atoms with Crippen molar-refractivity contribution in [3.63, 3.8) is 0 Å². The van der Waals surface area contributed by atoms with Crippen LogP contribution in [-0.4, -0.2) is 27.8 Å². The molecule has 0 radical (unpaired) electrons. The van der Waals surface area contributed by atoms with Gasteiger partial charge in [-0.3, -0.25) is 9.36 Å². The van der Waals surface area contributed by atoms with Gasteiger partial charge in [-0.25, -0.2) is 0 Å². The molecular formula is C12H14N4O2S. The average molecular weight is 278 g/mol. The normalized spacial score (nSPS) is 10.4. The number of ether oxygens (including phenoxy) is 1. The van der Waals surface area contributed by atoms with Crippen LogP contribution < -0.4 is 5.73 Å². The lowest BCUT2D eigenvalue weighted by Gasteiger charge is -2.06. The molecule has 0 saturated heterocycles. The summed E-state index contributed by atoms with van der Waals surface area (Å²) in [5.41, 5.74) is 6.85. The molecule has 0 spiro atoms. The van der Waals surface area contributed by atoms with E-state index in [0.717, 1.165) is 5.75 Å². The van der Waals surface area contributed by atoms with Crippen molar-refractivity contribution in [3.8, 4) is 0 Å². The summed E-state index contributed by atoms with van der Waals surface area (Å²) in [5.74, 6) is 0.564. The van der Waals surface area contributed by atoms with E-state index in [1.165, 1.54) is 24.4 Å². The number of anilines is 1. The molecule has 1 aromatic heterocycles. The molecular weight excluding hydrogens is 264 g/mol. The van der Waals surface area contributed by atoms with Gasteiger partial charge >= 0.3 is 5.97 Å². The van der Waals surface area contributed by atoms with Crippen LogP contribution >= 0.6 is 11.8 Å². The van der Waals surface area contributed by atoms with Crippen molar-refractivity contribution in [1.29, 1.82) is 0 Å². The van der Waals surface area contributed by atoms with Gasteiger partial charge in [0.1, 0.15) is 6.54 Å². The lowest BCUT2D eigenvalue weighted by atomic mass is 10.2. The van der Waals surface area contributed by atoms with Crippen molar-refractivity contribution >= 4 is 23.7 Å². The van der Waals surface area contributed by atoms with Crippen LogP contribution in [0.25, 0.3) is 0 Å². The lowest BCUT2D eigenvalue weighted by molar-refractivity contribution is -0.141. The van der Waals surface area contributed by atoms with Crippen LogP contribution in [0, 0.1) is 0 Å². The number of carbonyl (C=O) groups is 1. The Labute approximate surface area is 115 Å². The third kappa shape index (κ3) is 3.47. The fourth-order valence-corrected chi connectivity index (χ4v) is 2.37. The molecule has 6 nitrogen and oxygen atoms in total. The Bertz CT molecular complexity index is 556. The third-order valence-corrected chi connectivity index (χ3v) is 3.51. The molecule has 0 unspecified atom stereocenters. The molecule has 0 aliphatic carbocycles.